The van der Waals surface area contributed by atoms with Gasteiger partial charge in [-0.1, -0.05) is 12.1 Å². The van der Waals surface area contributed by atoms with E-state index in [0.29, 0.717) is 48.6 Å². The molecule has 2 N–H and O–H groups in total. The van der Waals surface area contributed by atoms with Crippen LogP contribution in [-0.4, -0.2) is 64.8 Å². The molecule has 0 bridgehead atoms. The SMILES string of the molecule is Cc1nc2c(C(=O)NCCN3CCOCC3)c[nH]n2c(=O)c1Cc1ccc(F)cc1. The second-order valence-corrected chi connectivity index (χ2v) is 7.34. The maximum Gasteiger partial charge on any atom is 0.276 e. The van der Waals surface area contributed by atoms with Crippen molar-refractivity contribution in [1.29, 1.82) is 0 Å². The normalized spacial score (nSPS) is 14.9. The monoisotopic (exact) mass is 413 g/mol. The van der Waals surface area contributed by atoms with Crippen molar-refractivity contribution < 1.29 is 13.9 Å². The lowest BCUT2D eigenvalue weighted by atomic mass is 10.1. The fraction of sp³-hybridized carbons (Fsp3) is 0.381. The van der Waals surface area contributed by atoms with E-state index in [2.05, 4.69) is 20.3 Å². The molecule has 1 amide bonds. The lowest BCUT2D eigenvalue weighted by Crippen LogP contribution is -2.41. The largest absolute Gasteiger partial charge is 0.379 e. The Labute approximate surface area is 172 Å². The Morgan fingerprint density at radius 2 is 2.00 bits per heavy atom. The van der Waals surface area contributed by atoms with Crippen molar-refractivity contribution in [2.24, 2.45) is 0 Å². The molecule has 4 rings (SSSR count). The number of aromatic nitrogens is 3. The highest BCUT2D eigenvalue weighted by Gasteiger charge is 2.18. The molecule has 0 radical (unpaired) electrons. The van der Waals surface area contributed by atoms with Gasteiger partial charge in [-0.05, 0) is 24.6 Å². The Bertz CT molecular complexity index is 1100. The van der Waals surface area contributed by atoms with Crippen molar-refractivity contribution in [3.05, 3.63) is 69.0 Å². The zero-order valence-electron chi connectivity index (χ0n) is 16.8. The Morgan fingerprint density at radius 3 is 2.73 bits per heavy atom. The van der Waals surface area contributed by atoms with Gasteiger partial charge in [-0.25, -0.2) is 13.9 Å². The van der Waals surface area contributed by atoms with Crippen LogP contribution < -0.4 is 10.9 Å². The van der Waals surface area contributed by atoms with Crippen LogP contribution in [0.15, 0.2) is 35.3 Å². The van der Waals surface area contributed by atoms with E-state index in [9.17, 15) is 14.0 Å². The van der Waals surface area contributed by atoms with E-state index < -0.39 is 0 Å². The maximum atomic E-state index is 13.1. The number of hydrogen-bond donors (Lipinski definition) is 2. The van der Waals surface area contributed by atoms with Gasteiger partial charge in [-0.3, -0.25) is 19.6 Å². The van der Waals surface area contributed by atoms with Gasteiger partial charge in [0.1, 0.15) is 11.4 Å². The molecule has 30 heavy (non-hydrogen) atoms. The van der Waals surface area contributed by atoms with Crippen LogP contribution in [0.25, 0.3) is 5.65 Å². The molecule has 1 aliphatic heterocycles. The van der Waals surface area contributed by atoms with Gasteiger partial charge in [0, 0.05) is 50.1 Å². The minimum Gasteiger partial charge on any atom is -0.379 e. The maximum absolute atomic E-state index is 13.1. The van der Waals surface area contributed by atoms with Crippen LogP contribution in [0.5, 0.6) is 0 Å². The Kier molecular flexibility index (Phi) is 5.91. The van der Waals surface area contributed by atoms with Crippen LogP contribution in [0, 0.1) is 12.7 Å². The molecule has 158 valence electrons. The van der Waals surface area contributed by atoms with Crippen LogP contribution >= 0.6 is 0 Å². The number of amides is 1. The van der Waals surface area contributed by atoms with Crippen LogP contribution in [0.3, 0.4) is 0 Å². The Balaban J connectivity index is 1.50. The summed E-state index contributed by atoms with van der Waals surface area (Å²) in [6, 6.07) is 6.01. The zero-order chi connectivity index (χ0) is 21.1. The summed E-state index contributed by atoms with van der Waals surface area (Å²) in [4.78, 5) is 32.3. The molecule has 1 aliphatic rings. The van der Waals surface area contributed by atoms with E-state index in [1.165, 1.54) is 22.8 Å². The van der Waals surface area contributed by atoms with Gasteiger partial charge in [-0.2, -0.15) is 0 Å². The van der Waals surface area contributed by atoms with Gasteiger partial charge in [0.15, 0.2) is 5.65 Å². The van der Waals surface area contributed by atoms with Gasteiger partial charge >= 0.3 is 0 Å². The molecule has 1 saturated heterocycles. The number of fused-ring (bicyclic) bond motifs is 1. The molecule has 1 fully saturated rings. The van der Waals surface area contributed by atoms with E-state index in [1.807, 2.05) is 0 Å². The molecular formula is C21H24FN5O3. The fourth-order valence-electron chi connectivity index (χ4n) is 3.58. The topological polar surface area (TPSA) is 91.7 Å². The van der Waals surface area contributed by atoms with E-state index in [-0.39, 0.29) is 17.3 Å². The number of nitrogens with one attached hydrogen (secondary N) is 2. The highest BCUT2D eigenvalue weighted by Crippen LogP contribution is 2.13. The van der Waals surface area contributed by atoms with Crippen molar-refractivity contribution >= 4 is 11.6 Å². The van der Waals surface area contributed by atoms with E-state index >= 15 is 0 Å². The number of carbonyl (C=O) groups is 1. The number of halogens is 1. The first kappa shape index (κ1) is 20.2. The number of rotatable bonds is 6. The van der Waals surface area contributed by atoms with Crippen molar-refractivity contribution in [3.8, 4) is 0 Å². The number of nitrogens with zero attached hydrogens (tertiary/aromatic N) is 3. The quantitative estimate of drug-likeness (QED) is 0.632. The molecule has 3 heterocycles. The molecule has 2 aromatic heterocycles. The fourth-order valence-corrected chi connectivity index (χ4v) is 3.58. The van der Waals surface area contributed by atoms with Crippen LogP contribution in [0.1, 0.15) is 27.2 Å². The first-order valence-electron chi connectivity index (χ1n) is 9.95. The van der Waals surface area contributed by atoms with Gasteiger partial charge < -0.3 is 10.1 Å². The molecule has 0 atom stereocenters. The predicted octanol–water partition coefficient (Wildman–Crippen LogP) is 1.12. The summed E-state index contributed by atoms with van der Waals surface area (Å²) in [5.74, 6) is -0.603. The van der Waals surface area contributed by atoms with Crippen LogP contribution in [0.2, 0.25) is 0 Å². The second-order valence-electron chi connectivity index (χ2n) is 7.34. The van der Waals surface area contributed by atoms with Gasteiger partial charge in [0.05, 0.1) is 13.2 Å². The summed E-state index contributed by atoms with van der Waals surface area (Å²) in [7, 11) is 0. The zero-order valence-corrected chi connectivity index (χ0v) is 16.8. The summed E-state index contributed by atoms with van der Waals surface area (Å²) < 4.78 is 19.7. The number of hydrogen-bond acceptors (Lipinski definition) is 5. The summed E-state index contributed by atoms with van der Waals surface area (Å²) in [6.45, 7) is 6.12. The molecule has 3 aromatic rings. The molecule has 0 spiro atoms. The minimum atomic E-state index is -0.325. The summed E-state index contributed by atoms with van der Waals surface area (Å²) >= 11 is 0. The van der Waals surface area contributed by atoms with Crippen LogP contribution in [0.4, 0.5) is 4.39 Å². The molecular weight excluding hydrogens is 389 g/mol. The number of benzene rings is 1. The lowest BCUT2D eigenvalue weighted by molar-refractivity contribution is 0.0383. The van der Waals surface area contributed by atoms with Gasteiger partial charge in [0.2, 0.25) is 0 Å². The predicted molar refractivity (Wildman–Crippen MR) is 109 cm³/mol. The minimum absolute atomic E-state index is 0.269. The molecule has 0 aliphatic carbocycles. The van der Waals surface area contributed by atoms with Crippen molar-refractivity contribution in [1.82, 2.24) is 24.8 Å². The lowest BCUT2D eigenvalue weighted by Gasteiger charge is -2.26. The highest BCUT2D eigenvalue weighted by molar-refractivity contribution is 5.99. The molecule has 0 saturated carbocycles. The highest BCUT2D eigenvalue weighted by atomic mass is 19.1. The first-order valence-corrected chi connectivity index (χ1v) is 9.95. The van der Waals surface area contributed by atoms with E-state index in [4.69, 9.17) is 4.74 Å². The van der Waals surface area contributed by atoms with E-state index in [1.54, 1.807) is 19.1 Å². The first-order chi connectivity index (χ1) is 14.5. The molecule has 9 heteroatoms. The average molecular weight is 413 g/mol. The summed E-state index contributed by atoms with van der Waals surface area (Å²) in [6.07, 6.45) is 1.83. The number of carbonyl (C=O) groups excluding carboxylic acids is 1. The molecule has 8 nitrogen and oxygen atoms in total. The summed E-state index contributed by atoms with van der Waals surface area (Å²) in [5.41, 5.74) is 2.21. The Morgan fingerprint density at radius 1 is 1.27 bits per heavy atom. The number of aromatic amines is 1. The van der Waals surface area contributed by atoms with Gasteiger partial charge in [-0.15, -0.1) is 0 Å². The number of morpholine rings is 1. The standard InChI is InChI=1S/C21H24FN5O3/c1-14-17(12-15-2-4-16(22)5-3-15)21(29)27-19(25-14)18(13-24-27)20(28)23-6-7-26-8-10-30-11-9-26/h2-5,13,24H,6-12H2,1H3,(H,23,28). The third-order valence-corrected chi connectivity index (χ3v) is 5.32. The third-order valence-electron chi connectivity index (χ3n) is 5.32. The molecule has 0 unspecified atom stereocenters. The van der Waals surface area contributed by atoms with Crippen molar-refractivity contribution in [2.45, 2.75) is 13.3 Å². The summed E-state index contributed by atoms with van der Waals surface area (Å²) in [5, 5.41) is 5.72. The second kappa shape index (κ2) is 8.76. The number of H-pyrrole nitrogens is 1. The van der Waals surface area contributed by atoms with E-state index in [0.717, 1.165) is 25.2 Å². The smallest absolute Gasteiger partial charge is 0.276 e. The van der Waals surface area contributed by atoms with Crippen LogP contribution in [-0.2, 0) is 11.2 Å². The Hall–Kier alpha value is -3.04. The third kappa shape index (κ3) is 4.27. The number of aryl methyl sites for hydroxylation is 1. The molecule has 1 aromatic carbocycles. The van der Waals surface area contributed by atoms with Crippen molar-refractivity contribution in [2.75, 3.05) is 39.4 Å². The average Bonchev–Trinajstić information content (AvgIpc) is 3.17. The van der Waals surface area contributed by atoms with Gasteiger partial charge in [0.25, 0.3) is 11.5 Å². The number of ether oxygens (including phenoxy) is 1. The van der Waals surface area contributed by atoms with Crippen molar-refractivity contribution in [3.63, 3.8) is 0 Å².